The highest BCUT2D eigenvalue weighted by Gasteiger charge is 2.25. The summed E-state index contributed by atoms with van der Waals surface area (Å²) in [4.78, 5) is 14.1. The summed E-state index contributed by atoms with van der Waals surface area (Å²) in [6, 6.07) is 8.41. The fraction of sp³-hybridized carbons (Fsp3) is 0.462. The summed E-state index contributed by atoms with van der Waals surface area (Å²) in [5.74, 6) is -0.700. The van der Waals surface area contributed by atoms with Crippen molar-refractivity contribution in [3.05, 3.63) is 24.3 Å². The molecule has 4 heteroatoms. The molecule has 0 saturated carbocycles. The third-order valence-electron chi connectivity index (χ3n) is 2.95. The Labute approximate surface area is 106 Å². The van der Waals surface area contributed by atoms with Crippen molar-refractivity contribution in [2.45, 2.75) is 36.5 Å². The third-order valence-corrected chi connectivity index (χ3v) is 4.15. The molecule has 1 aliphatic heterocycles. The number of para-hydroxylation sites is 1. The highest BCUT2D eigenvalue weighted by atomic mass is 32.2. The molecule has 0 aromatic heterocycles. The molecule has 0 radical (unpaired) electrons. The molecule has 1 aromatic carbocycles. The third kappa shape index (κ3) is 2.94. The number of fused-ring (bicyclic) bond motifs is 1. The molecular formula is C13H17NO2S. The van der Waals surface area contributed by atoms with Crippen LogP contribution in [0.3, 0.4) is 0 Å². The maximum absolute atomic E-state index is 10.4. The van der Waals surface area contributed by atoms with E-state index >= 15 is 0 Å². The molecule has 1 unspecified atom stereocenters. The zero-order chi connectivity index (χ0) is 12.3. The van der Waals surface area contributed by atoms with Crippen LogP contribution in [0, 0.1) is 0 Å². The van der Waals surface area contributed by atoms with Gasteiger partial charge in [-0.25, -0.2) is 0 Å². The lowest BCUT2D eigenvalue weighted by atomic mass is 10.2. The van der Waals surface area contributed by atoms with E-state index in [-0.39, 0.29) is 6.42 Å². The summed E-state index contributed by atoms with van der Waals surface area (Å²) in [6.07, 6.45) is 1.97. The Bertz CT molecular complexity index is 408. The van der Waals surface area contributed by atoms with E-state index in [0.717, 1.165) is 19.4 Å². The first-order valence-corrected chi connectivity index (χ1v) is 6.80. The Balaban J connectivity index is 1.90. The molecule has 0 saturated heterocycles. The van der Waals surface area contributed by atoms with Gasteiger partial charge in [-0.15, -0.1) is 0 Å². The van der Waals surface area contributed by atoms with Gasteiger partial charge < -0.3 is 10.0 Å². The summed E-state index contributed by atoms with van der Waals surface area (Å²) < 4.78 is 0. The van der Waals surface area contributed by atoms with Crippen LogP contribution in [0.4, 0.5) is 5.69 Å². The van der Waals surface area contributed by atoms with Gasteiger partial charge in [0.25, 0.3) is 0 Å². The Morgan fingerprint density at radius 1 is 1.41 bits per heavy atom. The van der Waals surface area contributed by atoms with Gasteiger partial charge in [0, 0.05) is 17.9 Å². The topological polar surface area (TPSA) is 40.5 Å². The molecule has 17 heavy (non-hydrogen) atoms. The molecule has 3 nitrogen and oxygen atoms in total. The minimum Gasteiger partial charge on any atom is -0.481 e. The molecule has 0 fully saturated rings. The van der Waals surface area contributed by atoms with Crippen molar-refractivity contribution in [3.8, 4) is 0 Å². The zero-order valence-corrected chi connectivity index (χ0v) is 10.7. The molecular weight excluding hydrogens is 234 g/mol. The van der Waals surface area contributed by atoms with Crippen LogP contribution in [0.15, 0.2) is 29.2 Å². The van der Waals surface area contributed by atoms with Gasteiger partial charge in [0.05, 0.1) is 11.1 Å². The number of thioether (sulfide) groups is 1. The first kappa shape index (κ1) is 12.3. The van der Waals surface area contributed by atoms with E-state index in [2.05, 4.69) is 36.1 Å². The van der Waals surface area contributed by atoms with Gasteiger partial charge in [-0.1, -0.05) is 23.9 Å². The summed E-state index contributed by atoms with van der Waals surface area (Å²) in [7, 11) is 0. The lowest BCUT2D eigenvalue weighted by Crippen LogP contribution is -2.27. The van der Waals surface area contributed by atoms with Crippen molar-refractivity contribution < 1.29 is 9.90 Å². The smallest absolute Gasteiger partial charge is 0.303 e. The number of carbonyl (C=O) groups is 1. The molecule has 2 rings (SSSR count). The van der Waals surface area contributed by atoms with Gasteiger partial charge in [0.2, 0.25) is 0 Å². The fourth-order valence-electron chi connectivity index (χ4n) is 2.10. The van der Waals surface area contributed by atoms with Gasteiger partial charge in [0.15, 0.2) is 0 Å². The average Bonchev–Trinajstić information content (AvgIpc) is 2.60. The van der Waals surface area contributed by atoms with Gasteiger partial charge in [-0.05, 0) is 31.9 Å². The summed E-state index contributed by atoms with van der Waals surface area (Å²) in [6.45, 7) is 3.14. The van der Waals surface area contributed by atoms with Crippen LogP contribution < -0.4 is 4.90 Å². The Morgan fingerprint density at radius 2 is 2.18 bits per heavy atom. The largest absolute Gasteiger partial charge is 0.481 e. The number of benzene rings is 1. The SMILES string of the molecule is CC1Sc2ccccc2N1CCCCC(=O)O. The molecule has 1 aromatic rings. The standard InChI is InChI=1S/C13H17NO2S/c1-10-14(9-5-4-8-13(15)16)11-6-2-3-7-12(11)17-10/h2-3,6-7,10H,4-5,8-9H2,1H3,(H,15,16). The molecule has 1 aliphatic rings. The normalized spacial score (nSPS) is 18.2. The van der Waals surface area contributed by atoms with E-state index in [4.69, 9.17) is 5.11 Å². The second-order valence-corrected chi connectivity index (χ2v) is 5.59. The monoisotopic (exact) mass is 251 g/mol. The van der Waals surface area contributed by atoms with E-state index in [1.807, 2.05) is 11.8 Å². The minimum absolute atomic E-state index is 0.275. The lowest BCUT2D eigenvalue weighted by molar-refractivity contribution is -0.137. The van der Waals surface area contributed by atoms with Crippen molar-refractivity contribution in [3.63, 3.8) is 0 Å². The molecule has 1 atom stereocenters. The van der Waals surface area contributed by atoms with Crippen LogP contribution in [0.5, 0.6) is 0 Å². The van der Waals surface area contributed by atoms with Gasteiger partial charge in [-0.2, -0.15) is 0 Å². The fourth-order valence-corrected chi connectivity index (χ4v) is 3.27. The zero-order valence-electron chi connectivity index (χ0n) is 9.93. The molecule has 0 spiro atoms. The van der Waals surface area contributed by atoms with Crippen molar-refractivity contribution in [2.75, 3.05) is 11.4 Å². The highest BCUT2D eigenvalue weighted by molar-refractivity contribution is 8.00. The minimum atomic E-state index is -0.700. The van der Waals surface area contributed by atoms with E-state index in [1.165, 1.54) is 10.6 Å². The Kier molecular flexibility index (Phi) is 3.94. The number of rotatable bonds is 5. The number of hydrogen-bond donors (Lipinski definition) is 1. The summed E-state index contributed by atoms with van der Waals surface area (Å²) in [5.41, 5.74) is 1.29. The van der Waals surface area contributed by atoms with Crippen LogP contribution in [0.25, 0.3) is 0 Å². The predicted molar refractivity (Wildman–Crippen MR) is 70.6 cm³/mol. The van der Waals surface area contributed by atoms with Crippen molar-refractivity contribution in [2.24, 2.45) is 0 Å². The molecule has 92 valence electrons. The van der Waals surface area contributed by atoms with Crippen LogP contribution in [0.2, 0.25) is 0 Å². The lowest BCUT2D eigenvalue weighted by Gasteiger charge is -2.23. The quantitative estimate of drug-likeness (QED) is 0.816. The van der Waals surface area contributed by atoms with E-state index in [0.29, 0.717) is 5.37 Å². The van der Waals surface area contributed by atoms with Crippen LogP contribution >= 0.6 is 11.8 Å². The molecule has 0 amide bonds. The first-order chi connectivity index (χ1) is 8.18. The maximum atomic E-state index is 10.4. The van der Waals surface area contributed by atoms with Gasteiger partial charge >= 0.3 is 5.97 Å². The number of carboxylic acid groups (broad SMARTS) is 1. The van der Waals surface area contributed by atoms with Gasteiger partial charge in [-0.3, -0.25) is 4.79 Å². The Hall–Kier alpha value is -1.16. The second-order valence-electron chi connectivity index (χ2n) is 4.23. The van der Waals surface area contributed by atoms with Crippen molar-refractivity contribution in [1.29, 1.82) is 0 Å². The number of nitrogens with zero attached hydrogens (tertiary/aromatic N) is 1. The molecule has 1 N–H and O–H groups in total. The Morgan fingerprint density at radius 3 is 2.94 bits per heavy atom. The summed E-state index contributed by atoms with van der Waals surface area (Å²) >= 11 is 1.87. The van der Waals surface area contributed by atoms with Crippen molar-refractivity contribution in [1.82, 2.24) is 0 Å². The number of aliphatic carboxylic acids is 1. The average molecular weight is 251 g/mol. The van der Waals surface area contributed by atoms with Crippen LogP contribution in [-0.4, -0.2) is 23.0 Å². The molecule has 1 heterocycles. The molecule has 0 aliphatic carbocycles. The van der Waals surface area contributed by atoms with Gasteiger partial charge in [0.1, 0.15) is 0 Å². The van der Waals surface area contributed by atoms with E-state index in [1.54, 1.807) is 0 Å². The first-order valence-electron chi connectivity index (χ1n) is 5.92. The van der Waals surface area contributed by atoms with Crippen molar-refractivity contribution >= 4 is 23.4 Å². The maximum Gasteiger partial charge on any atom is 0.303 e. The highest BCUT2D eigenvalue weighted by Crippen LogP contribution is 2.42. The van der Waals surface area contributed by atoms with E-state index < -0.39 is 5.97 Å². The number of unbranched alkanes of at least 4 members (excludes halogenated alkanes) is 1. The van der Waals surface area contributed by atoms with Crippen LogP contribution in [-0.2, 0) is 4.79 Å². The number of carboxylic acids is 1. The van der Waals surface area contributed by atoms with Crippen LogP contribution in [0.1, 0.15) is 26.2 Å². The summed E-state index contributed by atoms with van der Waals surface area (Å²) in [5, 5.41) is 9.05. The number of anilines is 1. The second kappa shape index (κ2) is 5.45. The predicted octanol–water partition coefficient (Wildman–Crippen LogP) is 3.20. The molecule has 0 bridgehead atoms. The van der Waals surface area contributed by atoms with E-state index in [9.17, 15) is 4.79 Å². The number of hydrogen-bond acceptors (Lipinski definition) is 3.